The Morgan fingerprint density at radius 3 is 2.70 bits per heavy atom. The Bertz CT molecular complexity index is 1040. The van der Waals surface area contributed by atoms with E-state index >= 15 is 0 Å². The van der Waals surface area contributed by atoms with Crippen molar-refractivity contribution in [2.45, 2.75) is 25.7 Å². The fourth-order valence-electron chi connectivity index (χ4n) is 3.41. The summed E-state index contributed by atoms with van der Waals surface area (Å²) in [5, 5.41) is 11.0. The molecule has 0 bridgehead atoms. The number of likely N-dealkylation sites (tertiary alicyclic amines) is 1. The third kappa shape index (κ3) is 4.52. The molecule has 3 heterocycles. The minimum atomic E-state index is -0.133. The van der Waals surface area contributed by atoms with Gasteiger partial charge in [0.15, 0.2) is 11.6 Å². The second kappa shape index (κ2) is 8.93. The lowest BCUT2D eigenvalue weighted by molar-refractivity contribution is -0.132. The molecule has 0 radical (unpaired) electrons. The topological polar surface area (TPSA) is 118 Å². The second-order valence-corrected chi connectivity index (χ2v) is 7.81. The molecule has 1 aliphatic rings. The average molecular weight is 449 g/mol. The summed E-state index contributed by atoms with van der Waals surface area (Å²) in [6, 6.07) is 4.91. The lowest BCUT2D eigenvalue weighted by Gasteiger charge is -2.31. The molecule has 1 saturated heterocycles. The van der Waals surface area contributed by atoms with Crippen LogP contribution in [0.3, 0.4) is 0 Å². The normalized spacial score (nSPS) is 14.8. The van der Waals surface area contributed by atoms with E-state index in [-0.39, 0.29) is 24.0 Å². The van der Waals surface area contributed by atoms with Gasteiger partial charge in [0.05, 0.1) is 10.0 Å². The van der Waals surface area contributed by atoms with Gasteiger partial charge in [-0.15, -0.1) is 0 Å². The van der Waals surface area contributed by atoms with Crippen LogP contribution in [0.2, 0.25) is 10.0 Å². The highest BCUT2D eigenvalue weighted by molar-refractivity contribution is 6.42. The molecule has 9 nitrogen and oxygen atoms in total. The van der Waals surface area contributed by atoms with Crippen LogP contribution < -0.4 is 0 Å². The molecule has 1 aliphatic heterocycles. The van der Waals surface area contributed by atoms with Crippen molar-refractivity contribution in [1.29, 1.82) is 0 Å². The number of ketones is 1. The van der Waals surface area contributed by atoms with Crippen LogP contribution in [0.4, 0.5) is 0 Å². The molecule has 2 aromatic heterocycles. The molecule has 30 heavy (non-hydrogen) atoms. The number of nitrogens with zero attached hydrogens (tertiary/aromatic N) is 5. The zero-order valence-electron chi connectivity index (χ0n) is 15.8. The highest BCUT2D eigenvalue weighted by Crippen LogP contribution is 2.27. The molecule has 3 aromatic rings. The fraction of sp³-hybridized carbons (Fsp3) is 0.368. The third-order valence-electron chi connectivity index (χ3n) is 5.07. The maximum atomic E-state index is 12.7. The predicted octanol–water partition coefficient (Wildman–Crippen LogP) is 3.22. The van der Waals surface area contributed by atoms with E-state index in [1.165, 1.54) is 6.33 Å². The van der Waals surface area contributed by atoms with Crippen molar-refractivity contribution >= 4 is 34.9 Å². The molecular formula is C19H18Cl2N6O3. The summed E-state index contributed by atoms with van der Waals surface area (Å²) in [7, 11) is 0. The van der Waals surface area contributed by atoms with Gasteiger partial charge in [-0.3, -0.25) is 14.7 Å². The number of piperidine rings is 1. The number of benzene rings is 1. The van der Waals surface area contributed by atoms with Gasteiger partial charge in [0.25, 0.3) is 0 Å². The van der Waals surface area contributed by atoms with Crippen LogP contribution in [0.25, 0.3) is 11.6 Å². The van der Waals surface area contributed by atoms with Gasteiger partial charge in [-0.25, -0.2) is 4.98 Å². The number of hydrogen-bond donors (Lipinski definition) is 1. The summed E-state index contributed by atoms with van der Waals surface area (Å²) in [4.78, 5) is 35.2. The largest absolute Gasteiger partial charge is 0.343 e. The SMILES string of the molecule is O=C(c1ccc(Cl)c(Cl)c1)C1CCN(C(=O)CCc2nc(-c3ncn[nH]3)no2)CC1. The van der Waals surface area contributed by atoms with Gasteiger partial charge < -0.3 is 9.42 Å². The molecule has 0 saturated carbocycles. The van der Waals surface area contributed by atoms with E-state index in [2.05, 4.69) is 25.3 Å². The van der Waals surface area contributed by atoms with E-state index in [9.17, 15) is 9.59 Å². The Morgan fingerprint density at radius 1 is 1.20 bits per heavy atom. The number of aryl methyl sites for hydroxylation is 1. The number of Topliss-reactive ketones (excluding diaryl/α,β-unsaturated/α-hetero) is 1. The zero-order valence-corrected chi connectivity index (χ0v) is 17.4. The Hall–Kier alpha value is -2.78. The fourth-order valence-corrected chi connectivity index (χ4v) is 3.71. The zero-order chi connectivity index (χ0) is 21.1. The Balaban J connectivity index is 1.27. The van der Waals surface area contributed by atoms with Crippen molar-refractivity contribution in [2.75, 3.05) is 13.1 Å². The highest BCUT2D eigenvalue weighted by atomic mass is 35.5. The van der Waals surface area contributed by atoms with Gasteiger partial charge in [0, 0.05) is 37.4 Å². The summed E-state index contributed by atoms with van der Waals surface area (Å²) in [5.41, 5.74) is 0.549. The number of amides is 1. The molecule has 0 spiro atoms. The Morgan fingerprint density at radius 2 is 2.00 bits per heavy atom. The Labute approximate surface area is 181 Å². The molecule has 0 unspecified atom stereocenters. The monoisotopic (exact) mass is 448 g/mol. The van der Waals surface area contributed by atoms with Crippen molar-refractivity contribution in [2.24, 2.45) is 5.92 Å². The van der Waals surface area contributed by atoms with Crippen LogP contribution in [0.1, 0.15) is 35.5 Å². The number of aromatic nitrogens is 5. The minimum absolute atomic E-state index is 0.00477. The number of nitrogens with one attached hydrogen (secondary N) is 1. The minimum Gasteiger partial charge on any atom is -0.343 e. The van der Waals surface area contributed by atoms with Gasteiger partial charge in [0.1, 0.15) is 6.33 Å². The standard InChI is InChI=1S/C19H18Cl2N6O3/c20-13-2-1-12(9-14(13)21)17(29)11-5-7-27(8-6-11)16(28)4-3-15-24-19(26-30-15)18-22-10-23-25-18/h1-2,9-11H,3-8H2,(H,22,23,25). The van der Waals surface area contributed by atoms with Crippen molar-refractivity contribution < 1.29 is 14.1 Å². The number of aromatic amines is 1. The number of hydrogen-bond acceptors (Lipinski definition) is 7. The van der Waals surface area contributed by atoms with Gasteiger partial charge in [-0.05, 0) is 31.0 Å². The first-order valence-corrected chi connectivity index (χ1v) is 10.2. The maximum absolute atomic E-state index is 12.7. The number of carbonyl (C=O) groups excluding carboxylic acids is 2. The molecule has 4 rings (SSSR count). The van der Waals surface area contributed by atoms with Crippen molar-refractivity contribution in [3.05, 3.63) is 46.0 Å². The average Bonchev–Trinajstić information content (AvgIpc) is 3.45. The van der Waals surface area contributed by atoms with E-state index in [0.717, 1.165) is 0 Å². The van der Waals surface area contributed by atoms with Gasteiger partial charge in [-0.1, -0.05) is 28.4 Å². The van der Waals surface area contributed by atoms with Crippen molar-refractivity contribution in [3.63, 3.8) is 0 Å². The van der Waals surface area contributed by atoms with Crippen LogP contribution in [0, 0.1) is 5.92 Å². The van der Waals surface area contributed by atoms with Gasteiger partial charge >= 0.3 is 0 Å². The Kier molecular flexibility index (Phi) is 6.10. The van der Waals surface area contributed by atoms with Crippen LogP contribution in [-0.4, -0.2) is 55.0 Å². The van der Waals surface area contributed by atoms with Crippen molar-refractivity contribution in [3.8, 4) is 11.6 Å². The third-order valence-corrected chi connectivity index (χ3v) is 5.81. The number of rotatable bonds is 6. The van der Waals surface area contributed by atoms with Crippen LogP contribution in [0.5, 0.6) is 0 Å². The molecule has 1 N–H and O–H groups in total. The lowest BCUT2D eigenvalue weighted by Crippen LogP contribution is -2.40. The van der Waals surface area contributed by atoms with Crippen LogP contribution >= 0.6 is 23.2 Å². The summed E-state index contributed by atoms with van der Waals surface area (Å²) >= 11 is 11.9. The second-order valence-electron chi connectivity index (χ2n) is 6.99. The van der Waals surface area contributed by atoms with E-state index in [4.69, 9.17) is 27.7 Å². The lowest BCUT2D eigenvalue weighted by atomic mass is 9.89. The quantitative estimate of drug-likeness (QED) is 0.574. The number of carbonyl (C=O) groups is 2. The first-order chi connectivity index (χ1) is 14.5. The van der Waals surface area contributed by atoms with E-state index in [1.807, 2.05) is 0 Å². The van der Waals surface area contributed by atoms with Crippen molar-refractivity contribution in [1.82, 2.24) is 30.2 Å². The van der Waals surface area contributed by atoms with Crippen LogP contribution in [-0.2, 0) is 11.2 Å². The summed E-state index contributed by atoms with van der Waals surface area (Å²) in [6.45, 7) is 1.06. The van der Waals surface area contributed by atoms with Gasteiger partial charge in [-0.2, -0.15) is 10.1 Å². The smallest absolute Gasteiger partial charge is 0.239 e. The summed E-state index contributed by atoms with van der Waals surface area (Å²) in [6.07, 6.45) is 3.17. The van der Waals surface area contributed by atoms with Gasteiger partial charge in [0.2, 0.25) is 17.6 Å². The first kappa shape index (κ1) is 20.5. The van der Waals surface area contributed by atoms with E-state index in [1.54, 1.807) is 23.1 Å². The van der Waals surface area contributed by atoms with Crippen LogP contribution in [0.15, 0.2) is 29.0 Å². The molecule has 0 atom stereocenters. The molecule has 156 valence electrons. The summed E-state index contributed by atoms with van der Waals surface area (Å²) in [5.74, 6) is 0.967. The first-order valence-electron chi connectivity index (χ1n) is 9.46. The molecule has 1 amide bonds. The molecule has 0 aliphatic carbocycles. The maximum Gasteiger partial charge on any atom is 0.239 e. The number of H-pyrrole nitrogens is 1. The predicted molar refractivity (Wildman–Crippen MR) is 108 cm³/mol. The number of halogens is 2. The molecule has 1 fully saturated rings. The molecular weight excluding hydrogens is 431 g/mol. The summed E-state index contributed by atoms with van der Waals surface area (Å²) < 4.78 is 5.16. The van der Waals surface area contributed by atoms with E-state index < -0.39 is 0 Å². The molecule has 1 aromatic carbocycles. The highest BCUT2D eigenvalue weighted by Gasteiger charge is 2.28. The van der Waals surface area contributed by atoms with E-state index in [0.29, 0.717) is 65.5 Å². The molecule has 11 heteroatoms.